The molecule has 1 heterocycles. The predicted molar refractivity (Wildman–Crippen MR) is 43.7 cm³/mol. The third-order valence-electron chi connectivity index (χ3n) is 1.58. The number of aromatic nitrogens is 1. The van der Waals surface area contributed by atoms with Crippen molar-refractivity contribution in [2.45, 2.75) is 6.92 Å². The molecule has 66 valence electrons. The van der Waals surface area contributed by atoms with E-state index in [1.807, 2.05) is 0 Å². The van der Waals surface area contributed by atoms with E-state index in [9.17, 15) is 5.11 Å². The maximum absolute atomic E-state index is 9.34. The molecule has 0 saturated heterocycles. The Hall–Kier alpha value is -1.45. The number of nitrogens with zero attached hydrogens (tertiary/aromatic N) is 1. The summed E-state index contributed by atoms with van der Waals surface area (Å²) in [5, 5.41) is 9.34. The largest absolute Gasteiger partial charge is 0.507 e. The van der Waals surface area contributed by atoms with Crippen molar-refractivity contribution in [2.75, 3.05) is 14.2 Å². The van der Waals surface area contributed by atoms with E-state index in [0.717, 1.165) is 0 Å². The lowest BCUT2D eigenvalue weighted by Gasteiger charge is -2.06. The van der Waals surface area contributed by atoms with Gasteiger partial charge in [-0.2, -0.15) is 4.98 Å². The van der Waals surface area contributed by atoms with Gasteiger partial charge in [-0.1, -0.05) is 0 Å². The van der Waals surface area contributed by atoms with Gasteiger partial charge in [0.1, 0.15) is 5.75 Å². The lowest BCUT2D eigenvalue weighted by Crippen LogP contribution is -1.94. The highest BCUT2D eigenvalue weighted by Crippen LogP contribution is 2.28. The fourth-order valence-electron chi connectivity index (χ4n) is 0.854. The summed E-state index contributed by atoms with van der Waals surface area (Å²) in [5.41, 5.74) is 0.610. The van der Waals surface area contributed by atoms with Gasteiger partial charge in [-0.25, -0.2) is 0 Å². The minimum atomic E-state index is 0.124. The molecule has 0 aliphatic rings. The molecule has 0 amide bonds. The Morgan fingerprint density at radius 2 is 2.00 bits per heavy atom. The summed E-state index contributed by atoms with van der Waals surface area (Å²) in [6.45, 7) is 1.72. The molecule has 0 unspecified atom stereocenters. The van der Waals surface area contributed by atoms with Crippen molar-refractivity contribution in [1.29, 1.82) is 0 Å². The van der Waals surface area contributed by atoms with Gasteiger partial charge in [0.15, 0.2) is 0 Å². The standard InChI is InChI=1S/C8H11NO3/c1-5-6(10)4-7(11-2)9-8(5)12-3/h4H,1-3H3,(H,9,10). The Balaban J connectivity index is 3.19. The van der Waals surface area contributed by atoms with Crippen molar-refractivity contribution < 1.29 is 14.6 Å². The van der Waals surface area contributed by atoms with Crippen molar-refractivity contribution in [1.82, 2.24) is 4.98 Å². The van der Waals surface area contributed by atoms with E-state index in [-0.39, 0.29) is 5.75 Å². The minimum Gasteiger partial charge on any atom is -0.507 e. The van der Waals surface area contributed by atoms with E-state index in [2.05, 4.69) is 4.98 Å². The van der Waals surface area contributed by atoms with Gasteiger partial charge in [0.2, 0.25) is 11.8 Å². The Labute approximate surface area is 70.8 Å². The Morgan fingerprint density at radius 1 is 1.33 bits per heavy atom. The molecule has 0 fully saturated rings. The lowest BCUT2D eigenvalue weighted by molar-refractivity contribution is 0.353. The van der Waals surface area contributed by atoms with Crippen molar-refractivity contribution in [3.63, 3.8) is 0 Å². The number of hydrogen-bond acceptors (Lipinski definition) is 4. The van der Waals surface area contributed by atoms with E-state index < -0.39 is 0 Å². The summed E-state index contributed by atoms with van der Waals surface area (Å²) >= 11 is 0. The summed E-state index contributed by atoms with van der Waals surface area (Å²) in [6, 6.07) is 1.44. The van der Waals surface area contributed by atoms with E-state index in [4.69, 9.17) is 9.47 Å². The zero-order chi connectivity index (χ0) is 9.14. The molecule has 1 aromatic rings. The van der Waals surface area contributed by atoms with Crippen LogP contribution in [0.25, 0.3) is 0 Å². The zero-order valence-corrected chi connectivity index (χ0v) is 7.29. The maximum Gasteiger partial charge on any atom is 0.223 e. The Morgan fingerprint density at radius 3 is 2.50 bits per heavy atom. The van der Waals surface area contributed by atoms with Crippen LogP contribution in [-0.2, 0) is 0 Å². The summed E-state index contributed by atoms with van der Waals surface area (Å²) in [6.07, 6.45) is 0. The summed E-state index contributed by atoms with van der Waals surface area (Å²) in [5.74, 6) is 0.848. The van der Waals surface area contributed by atoms with Crippen LogP contribution in [0.5, 0.6) is 17.5 Å². The second kappa shape index (κ2) is 3.30. The molecule has 0 atom stereocenters. The molecule has 0 bridgehead atoms. The number of pyridine rings is 1. The molecular weight excluding hydrogens is 158 g/mol. The van der Waals surface area contributed by atoms with Gasteiger partial charge < -0.3 is 14.6 Å². The molecular formula is C8H11NO3. The second-order valence-corrected chi connectivity index (χ2v) is 2.32. The fourth-order valence-corrected chi connectivity index (χ4v) is 0.854. The highest BCUT2D eigenvalue weighted by Gasteiger charge is 2.07. The van der Waals surface area contributed by atoms with Crippen molar-refractivity contribution in [2.24, 2.45) is 0 Å². The molecule has 0 aliphatic carbocycles. The predicted octanol–water partition coefficient (Wildman–Crippen LogP) is 1.11. The number of ether oxygens (including phenoxy) is 2. The molecule has 1 N–H and O–H groups in total. The quantitative estimate of drug-likeness (QED) is 0.720. The number of rotatable bonds is 2. The average molecular weight is 169 g/mol. The average Bonchev–Trinajstić information content (AvgIpc) is 2.09. The summed E-state index contributed by atoms with van der Waals surface area (Å²) < 4.78 is 9.76. The molecule has 0 radical (unpaired) electrons. The van der Waals surface area contributed by atoms with Gasteiger partial charge in [-0.05, 0) is 6.92 Å². The number of aromatic hydroxyl groups is 1. The van der Waals surface area contributed by atoms with E-state index in [0.29, 0.717) is 17.3 Å². The van der Waals surface area contributed by atoms with Gasteiger partial charge in [-0.15, -0.1) is 0 Å². The van der Waals surface area contributed by atoms with Crippen LogP contribution in [0.2, 0.25) is 0 Å². The SMILES string of the molecule is COc1cc(O)c(C)c(OC)n1. The highest BCUT2D eigenvalue weighted by atomic mass is 16.5. The molecule has 4 heteroatoms. The molecule has 0 aliphatic heterocycles. The first-order valence-corrected chi connectivity index (χ1v) is 3.47. The van der Waals surface area contributed by atoms with Crippen LogP contribution in [0.3, 0.4) is 0 Å². The second-order valence-electron chi connectivity index (χ2n) is 2.32. The van der Waals surface area contributed by atoms with Crippen molar-refractivity contribution >= 4 is 0 Å². The Bertz CT molecular complexity index is 286. The van der Waals surface area contributed by atoms with Crippen molar-refractivity contribution in [3.8, 4) is 17.5 Å². The Kier molecular flexibility index (Phi) is 2.38. The normalized spacial score (nSPS) is 9.58. The third kappa shape index (κ3) is 1.42. The smallest absolute Gasteiger partial charge is 0.223 e. The molecule has 1 rings (SSSR count). The van der Waals surface area contributed by atoms with Crippen LogP contribution in [-0.4, -0.2) is 24.3 Å². The minimum absolute atomic E-state index is 0.124. The van der Waals surface area contributed by atoms with E-state index >= 15 is 0 Å². The summed E-state index contributed by atoms with van der Waals surface area (Å²) in [4.78, 5) is 3.97. The highest BCUT2D eigenvalue weighted by molar-refractivity contribution is 5.41. The lowest BCUT2D eigenvalue weighted by atomic mass is 10.3. The van der Waals surface area contributed by atoms with Gasteiger partial charge in [0.05, 0.1) is 19.8 Å². The molecule has 4 nitrogen and oxygen atoms in total. The topological polar surface area (TPSA) is 51.6 Å². The maximum atomic E-state index is 9.34. The molecule has 1 aromatic heterocycles. The van der Waals surface area contributed by atoms with Crippen LogP contribution in [0.15, 0.2) is 6.07 Å². The molecule has 0 saturated carbocycles. The monoisotopic (exact) mass is 169 g/mol. The first-order chi connectivity index (χ1) is 5.69. The fraction of sp³-hybridized carbons (Fsp3) is 0.375. The first-order valence-electron chi connectivity index (χ1n) is 3.47. The number of methoxy groups -OCH3 is 2. The summed E-state index contributed by atoms with van der Waals surface area (Å²) in [7, 11) is 2.98. The van der Waals surface area contributed by atoms with Crippen LogP contribution in [0.1, 0.15) is 5.56 Å². The number of hydrogen-bond donors (Lipinski definition) is 1. The van der Waals surface area contributed by atoms with Gasteiger partial charge >= 0.3 is 0 Å². The molecule has 0 aromatic carbocycles. The van der Waals surface area contributed by atoms with Gasteiger partial charge in [0.25, 0.3) is 0 Å². The van der Waals surface area contributed by atoms with E-state index in [1.54, 1.807) is 6.92 Å². The van der Waals surface area contributed by atoms with Crippen LogP contribution < -0.4 is 9.47 Å². The van der Waals surface area contributed by atoms with Crippen LogP contribution in [0, 0.1) is 6.92 Å². The van der Waals surface area contributed by atoms with Gasteiger partial charge in [-0.3, -0.25) is 0 Å². The van der Waals surface area contributed by atoms with Crippen LogP contribution >= 0.6 is 0 Å². The zero-order valence-electron chi connectivity index (χ0n) is 7.29. The van der Waals surface area contributed by atoms with Crippen LogP contribution in [0.4, 0.5) is 0 Å². The molecule has 12 heavy (non-hydrogen) atoms. The first kappa shape index (κ1) is 8.64. The molecule has 0 spiro atoms. The van der Waals surface area contributed by atoms with Gasteiger partial charge in [0, 0.05) is 6.07 Å². The third-order valence-corrected chi connectivity index (χ3v) is 1.58. The van der Waals surface area contributed by atoms with E-state index in [1.165, 1.54) is 20.3 Å². The van der Waals surface area contributed by atoms with Crippen molar-refractivity contribution in [3.05, 3.63) is 11.6 Å².